The summed E-state index contributed by atoms with van der Waals surface area (Å²) in [6.07, 6.45) is 9.88. The van der Waals surface area contributed by atoms with E-state index in [0.29, 0.717) is 17.5 Å². The van der Waals surface area contributed by atoms with Crippen LogP contribution in [0, 0.1) is 0 Å². The SMILES string of the molecule is CC(C)Oc1cncc(NC2CCNC3(CCC3)C2)n1. The Hall–Kier alpha value is -1.36. The Labute approximate surface area is 120 Å². The molecule has 1 spiro atoms. The summed E-state index contributed by atoms with van der Waals surface area (Å²) in [5, 5.41) is 7.21. The van der Waals surface area contributed by atoms with Gasteiger partial charge >= 0.3 is 0 Å². The van der Waals surface area contributed by atoms with Crippen molar-refractivity contribution in [2.45, 2.75) is 63.6 Å². The van der Waals surface area contributed by atoms with Gasteiger partial charge in [0.1, 0.15) is 5.82 Å². The largest absolute Gasteiger partial charge is 0.474 e. The Bertz CT molecular complexity index is 459. The first kappa shape index (κ1) is 13.6. The molecule has 1 aromatic rings. The predicted octanol–water partition coefficient (Wildman–Crippen LogP) is 2.35. The molecular formula is C15H24N4O. The zero-order valence-electron chi connectivity index (χ0n) is 12.4. The van der Waals surface area contributed by atoms with Gasteiger partial charge in [0.15, 0.2) is 0 Å². The van der Waals surface area contributed by atoms with Gasteiger partial charge in [-0.25, -0.2) is 0 Å². The average molecular weight is 276 g/mol. The normalized spacial score (nSPS) is 24.4. The van der Waals surface area contributed by atoms with Gasteiger partial charge in [-0.3, -0.25) is 4.98 Å². The molecule has 0 aromatic carbocycles. The van der Waals surface area contributed by atoms with Crippen molar-refractivity contribution in [1.82, 2.24) is 15.3 Å². The fourth-order valence-electron chi connectivity index (χ4n) is 3.19. The van der Waals surface area contributed by atoms with Gasteiger partial charge in [0.2, 0.25) is 5.88 Å². The first-order valence-corrected chi connectivity index (χ1v) is 7.65. The average Bonchev–Trinajstić information content (AvgIpc) is 2.37. The van der Waals surface area contributed by atoms with Crippen molar-refractivity contribution < 1.29 is 4.74 Å². The summed E-state index contributed by atoms with van der Waals surface area (Å²) in [6, 6.07) is 0.486. The summed E-state index contributed by atoms with van der Waals surface area (Å²) in [5.74, 6) is 1.42. The van der Waals surface area contributed by atoms with Crippen LogP contribution in [0.15, 0.2) is 12.4 Å². The van der Waals surface area contributed by atoms with Gasteiger partial charge in [0, 0.05) is 11.6 Å². The summed E-state index contributed by atoms with van der Waals surface area (Å²) >= 11 is 0. The lowest BCUT2D eigenvalue weighted by Gasteiger charge is -2.48. The Balaban J connectivity index is 1.62. The predicted molar refractivity (Wildman–Crippen MR) is 79.0 cm³/mol. The monoisotopic (exact) mass is 276 g/mol. The highest BCUT2D eigenvalue weighted by atomic mass is 16.5. The molecule has 2 aliphatic rings. The molecule has 0 amide bonds. The highest BCUT2D eigenvalue weighted by Crippen LogP contribution is 2.38. The van der Waals surface area contributed by atoms with E-state index in [0.717, 1.165) is 18.8 Å². The quantitative estimate of drug-likeness (QED) is 0.884. The zero-order chi connectivity index (χ0) is 14.0. The van der Waals surface area contributed by atoms with E-state index in [1.165, 1.54) is 25.7 Å². The lowest BCUT2D eigenvalue weighted by atomic mass is 9.70. The second-order valence-electron chi connectivity index (χ2n) is 6.30. The second-order valence-corrected chi connectivity index (χ2v) is 6.30. The molecule has 2 N–H and O–H groups in total. The molecule has 0 radical (unpaired) electrons. The van der Waals surface area contributed by atoms with Gasteiger partial charge < -0.3 is 15.4 Å². The van der Waals surface area contributed by atoms with Crippen molar-refractivity contribution in [3.05, 3.63) is 12.4 Å². The number of rotatable bonds is 4. The minimum atomic E-state index is 0.122. The van der Waals surface area contributed by atoms with Gasteiger partial charge in [-0.2, -0.15) is 4.98 Å². The third kappa shape index (κ3) is 3.03. The van der Waals surface area contributed by atoms with E-state index >= 15 is 0 Å². The van der Waals surface area contributed by atoms with Crippen LogP contribution in [0.2, 0.25) is 0 Å². The van der Waals surface area contributed by atoms with Crippen LogP contribution in [0.25, 0.3) is 0 Å². The lowest BCUT2D eigenvalue weighted by Crippen LogP contribution is -2.58. The van der Waals surface area contributed by atoms with Crippen LogP contribution in [-0.2, 0) is 0 Å². The molecule has 2 heterocycles. The third-order valence-electron chi connectivity index (χ3n) is 4.26. The number of hydrogen-bond acceptors (Lipinski definition) is 5. The number of ether oxygens (including phenoxy) is 1. The van der Waals surface area contributed by atoms with E-state index in [2.05, 4.69) is 20.6 Å². The second kappa shape index (κ2) is 5.56. The van der Waals surface area contributed by atoms with E-state index in [4.69, 9.17) is 4.74 Å². The standard InChI is InChI=1S/C15H24N4O/c1-11(2)20-14-10-16-9-13(19-14)18-12-4-7-17-15(8-12)5-3-6-15/h9-12,17H,3-8H2,1-2H3,(H,18,19). The maximum atomic E-state index is 5.59. The van der Waals surface area contributed by atoms with E-state index < -0.39 is 0 Å². The van der Waals surface area contributed by atoms with Gasteiger partial charge in [-0.15, -0.1) is 0 Å². The van der Waals surface area contributed by atoms with Gasteiger partial charge in [-0.1, -0.05) is 0 Å². The maximum absolute atomic E-state index is 5.59. The Morgan fingerprint density at radius 3 is 2.95 bits per heavy atom. The summed E-state index contributed by atoms with van der Waals surface area (Å²) in [4.78, 5) is 8.69. The summed E-state index contributed by atoms with van der Waals surface area (Å²) < 4.78 is 5.59. The molecule has 20 heavy (non-hydrogen) atoms. The first-order chi connectivity index (χ1) is 9.65. The van der Waals surface area contributed by atoms with Crippen molar-refractivity contribution in [1.29, 1.82) is 0 Å². The number of anilines is 1. The van der Waals surface area contributed by atoms with Crippen molar-refractivity contribution in [3.8, 4) is 5.88 Å². The van der Waals surface area contributed by atoms with Crippen LogP contribution in [0.5, 0.6) is 5.88 Å². The van der Waals surface area contributed by atoms with E-state index in [9.17, 15) is 0 Å². The molecule has 1 aromatic heterocycles. The number of nitrogens with one attached hydrogen (secondary N) is 2. The highest BCUT2D eigenvalue weighted by molar-refractivity contribution is 5.35. The summed E-state index contributed by atoms with van der Waals surface area (Å²) in [5.41, 5.74) is 0.398. The molecule has 2 fully saturated rings. The van der Waals surface area contributed by atoms with Gasteiger partial charge in [-0.05, 0) is 52.5 Å². The summed E-state index contributed by atoms with van der Waals surface area (Å²) in [7, 11) is 0. The van der Waals surface area contributed by atoms with Crippen molar-refractivity contribution in [3.63, 3.8) is 0 Å². The van der Waals surface area contributed by atoms with E-state index in [1.807, 2.05) is 13.8 Å². The number of aromatic nitrogens is 2. The molecule has 1 unspecified atom stereocenters. The van der Waals surface area contributed by atoms with Gasteiger partial charge in [0.25, 0.3) is 0 Å². The third-order valence-corrected chi connectivity index (χ3v) is 4.26. The van der Waals surface area contributed by atoms with Crippen molar-refractivity contribution in [2.75, 3.05) is 11.9 Å². The fourth-order valence-corrected chi connectivity index (χ4v) is 3.19. The summed E-state index contributed by atoms with van der Waals surface area (Å²) in [6.45, 7) is 5.08. The Morgan fingerprint density at radius 2 is 2.25 bits per heavy atom. The fraction of sp³-hybridized carbons (Fsp3) is 0.733. The Kier molecular flexibility index (Phi) is 3.78. The number of piperidine rings is 1. The number of hydrogen-bond donors (Lipinski definition) is 2. The molecule has 1 saturated heterocycles. The Morgan fingerprint density at radius 1 is 1.40 bits per heavy atom. The molecule has 5 heteroatoms. The minimum Gasteiger partial charge on any atom is -0.474 e. The van der Waals surface area contributed by atoms with Crippen LogP contribution in [-0.4, -0.2) is 34.2 Å². The molecular weight excluding hydrogens is 252 g/mol. The topological polar surface area (TPSA) is 59.1 Å². The maximum Gasteiger partial charge on any atom is 0.234 e. The lowest BCUT2D eigenvalue weighted by molar-refractivity contribution is 0.135. The minimum absolute atomic E-state index is 0.122. The molecule has 3 rings (SSSR count). The van der Waals surface area contributed by atoms with Crippen LogP contribution >= 0.6 is 0 Å². The molecule has 0 bridgehead atoms. The van der Waals surface area contributed by atoms with Crippen LogP contribution in [0.3, 0.4) is 0 Å². The molecule has 5 nitrogen and oxygen atoms in total. The smallest absolute Gasteiger partial charge is 0.234 e. The van der Waals surface area contributed by atoms with Crippen molar-refractivity contribution in [2.24, 2.45) is 0 Å². The molecule has 1 atom stereocenters. The van der Waals surface area contributed by atoms with E-state index in [1.54, 1.807) is 12.4 Å². The highest BCUT2D eigenvalue weighted by Gasteiger charge is 2.40. The molecule has 1 aliphatic heterocycles. The molecule has 110 valence electrons. The molecule has 1 saturated carbocycles. The van der Waals surface area contributed by atoms with E-state index in [-0.39, 0.29) is 6.10 Å². The van der Waals surface area contributed by atoms with Crippen LogP contribution < -0.4 is 15.4 Å². The molecule has 1 aliphatic carbocycles. The first-order valence-electron chi connectivity index (χ1n) is 7.65. The van der Waals surface area contributed by atoms with Gasteiger partial charge in [0.05, 0.1) is 18.5 Å². The zero-order valence-corrected chi connectivity index (χ0v) is 12.4. The van der Waals surface area contributed by atoms with Crippen LogP contribution in [0.4, 0.5) is 5.82 Å². The van der Waals surface area contributed by atoms with Crippen molar-refractivity contribution >= 4 is 5.82 Å². The number of nitrogens with zero attached hydrogens (tertiary/aromatic N) is 2. The van der Waals surface area contributed by atoms with Crippen LogP contribution in [0.1, 0.15) is 46.0 Å².